The number of aryl methyl sites for hydroxylation is 1. The lowest BCUT2D eigenvalue weighted by atomic mass is 9.89. The van der Waals surface area contributed by atoms with Crippen LogP contribution >= 0.6 is 34.7 Å². The number of ketones is 1. The molecule has 216 valence electrons. The normalized spacial score (nSPS) is 18.9. The number of carboxylic acid groups (broad SMARTS) is 1. The van der Waals surface area contributed by atoms with Gasteiger partial charge in [-0.25, -0.2) is 19.0 Å². The third-order valence-electron chi connectivity index (χ3n) is 6.75. The van der Waals surface area contributed by atoms with Gasteiger partial charge in [-0.1, -0.05) is 28.1 Å². The lowest BCUT2D eigenvalue weighted by Gasteiger charge is -2.49. The number of nitrogen functional groups attached to an aromatic ring is 1. The zero-order valence-corrected chi connectivity index (χ0v) is 23.8. The maximum absolute atomic E-state index is 13.2. The Morgan fingerprint density at radius 2 is 2.07 bits per heavy atom. The summed E-state index contributed by atoms with van der Waals surface area (Å²) in [6.07, 6.45) is 6.06. The average Bonchev–Trinajstić information content (AvgIpc) is 3.61. The minimum atomic E-state index is -1.23. The summed E-state index contributed by atoms with van der Waals surface area (Å²) in [5.74, 6) is -2.78. The third kappa shape index (κ3) is 5.34. The summed E-state index contributed by atoms with van der Waals surface area (Å²) < 4.78 is 5.87. The summed E-state index contributed by atoms with van der Waals surface area (Å²) in [7, 11) is 0. The van der Waals surface area contributed by atoms with Gasteiger partial charge in [0.05, 0.1) is 30.6 Å². The van der Waals surface area contributed by atoms with Crippen LogP contribution in [0.2, 0.25) is 4.34 Å². The quantitative estimate of drug-likeness (QED) is 0.0369. The number of aliphatic carboxylic acids is 1. The maximum atomic E-state index is 13.2. The van der Waals surface area contributed by atoms with Crippen molar-refractivity contribution in [3.63, 3.8) is 0 Å². The van der Waals surface area contributed by atoms with Crippen LogP contribution in [0.3, 0.4) is 0 Å². The second-order valence-electron chi connectivity index (χ2n) is 9.29. The number of guanidine groups is 1. The van der Waals surface area contributed by atoms with Crippen molar-refractivity contribution in [2.75, 3.05) is 18.0 Å². The predicted octanol–water partition coefficient (Wildman–Crippen LogP) is 0.0916. The van der Waals surface area contributed by atoms with Crippen molar-refractivity contribution < 1.29 is 29.3 Å². The number of thiazole rings is 1. The van der Waals surface area contributed by atoms with Gasteiger partial charge in [0, 0.05) is 31.2 Å². The number of oxime groups is 1. The number of aliphatic imine (C=N–C) groups is 1. The van der Waals surface area contributed by atoms with Crippen LogP contribution in [-0.2, 0) is 27.5 Å². The molecule has 1 fully saturated rings. The highest BCUT2D eigenvalue weighted by molar-refractivity contribution is 8.00. The van der Waals surface area contributed by atoms with Crippen molar-refractivity contribution in [1.29, 1.82) is 0 Å². The number of rotatable bonds is 11. The zero-order chi connectivity index (χ0) is 29.4. The molecule has 2 atom stereocenters. The van der Waals surface area contributed by atoms with E-state index < -0.39 is 34.7 Å². The molecule has 1 saturated heterocycles. The smallest absolute Gasteiger partial charge is 0.352 e. The molecule has 2 aliphatic rings. The van der Waals surface area contributed by atoms with Gasteiger partial charge in [0.2, 0.25) is 5.91 Å². The summed E-state index contributed by atoms with van der Waals surface area (Å²) in [4.78, 5) is 47.6. The minimum absolute atomic E-state index is 0.0480. The number of β-lactam (4-membered cyclic amide) rings is 1. The van der Waals surface area contributed by atoms with Crippen molar-refractivity contribution in [2.24, 2.45) is 27.5 Å². The van der Waals surface area contributed by atoms with Gasteiger partial charge in [0.1, 0.15) is 21.9 Å². The molecule has 18 heteroatoms. The highest BCUT2D eigenvalue weighted by atomic mass is 35.5. The number of nitrogens with zero attached hydrogens (tertiary/aromatic N) is 7. The second kappa shape index (κ2) is 11.4. The van der Waals surface area contributed by atoms with Crippen molar-refractivity contribution in [1.82, 2.24) is 19.1 Å². The van der Waals surface area contributed by atoms with Gasteiger partial charge in [-0.05, 0) is 5.57 Å². The number of fused-ring (bicyclic) bond motifs is 2. The Morgan fingerprint density at radius 1 is 1.29 bits per heavy atom. The molecule has 3 aromatic rings. The van der Waals surface area contributed by atoms with Crippen LogP contribution in [0.25, 0.3) is 5.65 Å². The first-order valence-corrected chi connectivity index (χ1v) is 14.5. The first-order chi connectivity index (χ1) is 19.6. The summed E-state index contributed by atoms with van der Waals surface area (Å²) in [6.45, 7) is 1.43. The third-order valence-corrected chi connectivity index (χ3v) is 9.23. The number of carbonyl (C=O) groups is 3. The number of Topliss-reactive ketones (excluding diaryl/α,β-unsaturated/α-hetero) is 1. The predicted molar refractivity (Wildman–Crippen MR) is 152 cm³/mol. The van der Waals surface area contributed by atoms with Crippen LogP contribution in [0, 0.1) is 5.92 Å². The molecular weight excluding hydrogens is 596 g/mol. The van der Waals surface area contributed by atoms with Crippen molar-refractivity contribution in [3.8, 4) is 0 Å². The molecule has 41 heavy (non-hydrogen) atoms. The number of aromatic nitrogens is 4. The lowest BCUT2D eigenvalue weighted by Crippen LogP contribution is -2.62. The van der Waals surface area contributed by atoms with Crippen LogP contribution in [0.15, 0.2) is 46.1 Å². The molecule has 0 spiro atoms. The fraction of sp³-hybridized carbons (Fsp3) is 0.348. The Labute approximate surface area is 245 Å². The number of carbonyl (C=O) groups excluding carboxylic acids is 2. The molecule has 1 amide bonds. The summed E-state index contributed by atoms with van der Waals surface area (Å²) in [5.41, 5.74) is 17.3. The van der Waals surface area contributed by atoms with Gasteiger partial charge >= 0.3 is 11.6 Å². The number of thioether (sulfide) groups is 1. The van der Waals surface area contributed by atoms with E-state index in [2.05, 4.69) is 15.1 Å². The van der Waals surface area contributed by atoms with E-state index in [0.717, 1.165) is 23.4 Å². The van der Waals surface area contributed by atoms with Crippen molar-refractivity contribution >= 4 is 74.8 Å². The first-order valence-electron chi connectivity index (χ1n) is 12.3. The summed E-state index contributed by atoms with van der Waals surface area (Å²) in [5, 5.41) is 22.1. The van der Waals surface area contributed by atoms with Crippen LogP contribution in [0.4, 0.5) is 5.13 Å². The van der Waals surface area contributed by atoms with E-state index in [1.165, 1.54) is 16.7 Å². The molecule has 5 rings (SSSR count). The van der Waals surface area contributed by atoms with Gasteiger partial charge in [-0.15, -0.1) is 16.3 Å². The van der Waals surface area contributed by atoms with Crippen LogP contribution in [-0.4, -0.2) is 76.4 Å². The number of amides is 1. The zero-order valence-electron chi connectivity index (χ0n) is 21.4. The SMILES string of the molecule is NC(N)=NCCC[n+]1ccn2c1ccn2CC1=C(C(=O)O)N2C(=O)[C@@H](CC(=O)/C(=N\O)c3nc(N)sc3Cl)[C@H]2SC1. The highest BCUT2D eigenvalue weighted by Crippen LogP contribution is 2.45. The van der Waals surface area contributed by atoms with E-state index in [0.29, 0.717) is 24.4 Å². The molecular formula is C23H26ClN10O5S2+. The minimum Gasteiger partial charge on any atom is -0.477 e. The fourth-order valence-corrected chi connectivity index (χ4v) is 7.27. The van der Waals surface area contributed by atoms with E-state index in [9.17, 15) is 24.7 Å². The molecule has 0 radical (unpaired) electrons. The fourth-order valence-electron chi connectivity index (χ4n) is 4.94. The van der Waals surface area contributed by atoms with E-state index in [1.54, 1.807) is 0 Å². The Bertz CT molecular complexity index is 1640. The topological polar surface area (TPSA) is 224 Å². The Morgan fingerprint density at radius 3 is 2.73 bits per heavy atom. The number of anilines is 1. The average molecular weight is 622 g/mol. The van der Waals surface area contributed by atoms with Crippen molar-refractivity contribution in [3.05, 3.63) is 46.0 Å². The first kappa shape index (κ1) is 28.4. The standard InChI is InChI=1S/C23H25ClN10O5S2/c24-18-16(29-23(27)41-18)15(30-39)13(35)8-12-19(36)34-17(21(37)38)11(10-40-20(12)34)9-32-5-2-14-31(6-7-33(14)32)4-1-3-28-22(25)26/h2,5-7,12,20H,1,3-4,8-10H2,(H7-,25,26,27,28,29,35,37,38,39)/p+1/t12-,20-/m1/s1. The van der Waals surface area contributed by atoms with E-state index in [4.69, 9.17) is 28.8 Å². The molecule has 0 bridgehead atoms. The molecule has 0 unspecified atom stereocenters. The number of carboxylic acids is 1. The monoisotopic (exact) mass is 621 g/mol. The van der Waals surface area contributed by atoms with E-state index in [1.807, 2.05) is 38.4 Å². The number of nitrogens with two attached hydrogens (primary N) is 3. The van der Waals surface area contributed by atoms with Gasteiger partial charge < -0.3 is 27.5 Å². The lowest BCUT2D eigenvalue weighted by molar-refractivity contribution is -0.671. The van der Waals surface area contributed by atoms with Crippen LogP contribution in [0.5, 0.6) is 0 Å². The number of hydrogen-bond donors (Lipinski definition) is 5. The van der Waals surface area contributed by atoms with Gasteiger partial charge in [-0.2, -0.15) is 0 Å². The molecule has 0 aliphatic carbocycles. The number of imidazole rings is 1. The molecule has 0 saturated carbocycles. The van der Waals surface area contributed by atoms with E-state index >= 15 is 0 Å². The Hall–Kier alpha value is -4.09. The van der Waals surface area contributed by atoms with Crippen molar-refractivity contribution in [2.45, 2.75) is 31.3 Å². The molecule has 8 N–H and O–H groups in total. The number of hydrogen-bond acceptors (Lipinski definition) is 10. The highest BCUT2D eigenvalue weighted by Gasteiger charge is 2.54. The maximum Gasteiger partial charge on any atom is 0.352 e. The molecule has 5 heterocycles. The van der Waals surface area contributed by atoms with Gasteiger partial charge in [0.25, 0.3) is 0 Å². The van der Waals surface area contributed by atoms with Gasteiger partial charge in [-0.3, -0.25) is 19.5 Å². The number of halogens is 1. The van der Waals surface area contributed by atoms with Crippen LogP contribution < -0.4 is 21.8 Å². The largest absolute Gasteiger partial charge is 0.477 e. The Balaban J connectivity index is 1.31. The van der Waals surface area contributed by atoms with E-state index in [-0.39, 0.29) is 39.8 Å². The molecule has 15 nitrogen and oxygen atoms in total. The van der Waals surface area contributed by atoms with Crippen LogP contribution in [0.1, 0.15) is 18.5 Å². The summed E-state index contributed by atoms with van der Waals surface area (Å²) in [6, 6.07) is 1.92. The molecule has 2 aliphatic heterocycles. The molecule has 0 aromatic carbocycles. The second-order valence-corrected chi connectivity index (χ2v) is 12.0. The van der Waals surface area contributed by atoms with Gasteiger partial charge in [0.15, 0.2) is 28.8 Å². The Kier molecular flexibility index (Phi) is 7.92. The molecule has 3 aromatic heterocycles. The summed E-state index contributed by atoms with van der Waals surface area (Å²) >= 11 is 8.35.